The highest BCUT2D eigenvalue weighted by Crippen LogP contribution is 2.33. The molecule has 0 heterocycles. The summed E-state index contributed by atoms with van der Waals surface area (Å²) in [5, 5.41) is 4.43. The molecule has 0 atom stereocenters. The predicted molar refractivity (Wildman–Crippen MR) is 115 cm³/mol. The van der Waals surface area contributed by atoms with Crippen LogP contribution in [0.25, 0.3) is 10.8 Å². The van der Waals surface area contributed by atoms with E-state index >= 15 is 0 Å². The zero-order valence-corrected chi connectivity index (χ0v) is 17.6. The Morgan fingerprint density at radius 2 is 1.75 bits per heavy atom. The Morgan fingerprint density at radius 3 is 2.50 bits per heavy atom. The molecule has 3 amide bonds. The number of fused-ring (bicyclic) bond motifs is 1. The maximum Gasteiger partial charge on any atom is 0.334 e. The van der Waals surface area contributed by atoms with Crippen LogP contribution in [0.15, 0.2) is 76.1 Å². The van der Waals surface area contributed by atoms with Crippen molar-refractivity contribution < 1.29 is 14.3 Å². The van der Waals surface area contributed by atoms with Gasteiger partial charge < -0.3 is 4.74 Å². The van der Waals surface area contributed by atoms with E-state index in [1.54, 1.807) is 6.07 Å². The molecule has 0 aliphatic rings. The highest BCUT2D eigenvalue weighted by molar-refractivity contribution is 9.10. The van der Waals surface area contributed by atoms with Gasteiger partial charge in [0, 0.05) is 11.4 Å². The molecule has 0 saturated carbocycles. The molecule has 0 aliphatic heterocycles. The van der Waals surface area contributed by atoms with Gasteiger partial charge >= 0.3 is 6.03 Å². The molecule has 28 heavy (non-hydrogen) atoms. The van der Waals surface area contributed by atoms with Gasteiger partial charge in [-0.3, -0.25) is 14.4 Å². The van der Waals surface area contributed by atoms with Crippen molar-refractivity contribution in [3.8, 4) is 5.75 Å². The van der Waals surface area contributed by atoms with Crippen molar-refractivity contribution >= 4 is 50.6 Å². The maximum atomic E-state index is 12.4. The summed E-state index contributed by atoms with van der Waals surface area (Å²) in [6.45, 7) is 2.05. The van der Waals surface area contributed by atoms with Crippen molar-refractivity contribution in [1.82, 2.24) is 9.62 Å². The Hall–Kier alpha value is -2.51. The molecule has 5 nitrogen and oxygen atoms in total. The second-order valence-corrected chi connectivity index (χ2v) is 7.73. The van der Waals surface area contributed by atoms with E-state index in [0.29, 0.717) is 12.3 Å². The van der Waals surface area contributed by atoms with Gasteiger partial charge in [-0.1, -0.05) is 48.5 Å². The number of hydrogen-bond donors (Lipinski definition) is 1. The molecule has 0 aliphatic carbocycles. The number of nitrogens with zero attached hydrogens (tertiary/aromatic N) is 1. The zero-order valence-electron chi connectivity index (χ0n) is 15.2. The van der Waals surface area contributed by atoms with Crippen molar-refractivity contribution in [3.05, 3.63) is 71.2 Å². The quantitative estimate of drug-likeness (QED) is 0.512. The van der Waals surface area contributed by atoms with Gasteiger partial charge in [-0.2, -0.15) is 0 Å². The number of ether oxygens (including phenoxy) is 1. The molecule has 0 bridgehead atoms. The van der Waals surface area contributed by atoms with E-state index in [4.69, 9.17) is 4.74 Å². The van der Waals surface area contributed by atoms with Crippen molar-refractivity contribution in [1.29, 1.82) is 0 Å². The van der Waals surface area contributed by atoms with Crippen LogP contribution in [0.1, 0.15) is 6.92 Å². The van der Waals surface area contributed by atoms with Crippen LogP contribution in [0.4, 0.5) is 4.79 Å². The summed E-state index contributed by atoms with van der Waals surface area (Å²) in [5.41, 5.74) is 0. The normalized spacial score (nSPS) is 10.5. The summed E-state index contributed by atoms with van der Waals surface area (Å²) in [5.74, 6) is 0.0458. The second kappa shape index (κ2) is 9.61. The maximum absolute atomic E-state index is 12.4. The molecule has 0 aromatic heterocycles. The lowest BCUT2D eigenvalue weighted by atomic mass is 10.1. The SMILES string of the molecule is CCN(Sc1ccccc1)C(=O)NC(=O)COc1ccc2ccccc2c1Br. The number of hydrogen-bond acceptors (Lipinski definition) is 4. The van der Waals surface area contributed by atoms with Crippen molar-refractivity contribution in [3.63, 3.8) is 0 Å². The third-order valence-electron chi connectivity index (χ3n) is 3.91. The smallest absolute Gasteiger partial charge is 0.334 e. The number of benzene rings is 3. The molecular weight excluding hydrogens is 440 g/mol. The van der Waals surface area contributed by atoms with E-state index < -0.39 is 11.9 Å². The lowest BCUT2D eigenvalue weighted by Crippen LogP contribution is -2.41. The Kier molecular flexibility index (Phi) is 6.95. The van der Waals surface area contributed by atoms with E-state index in [2.05, 4.69) is 21.2 Å². The first-order chi connectivity index (χ1) is 13.6. The molecule has 3 rings (SSSR count). The largest absolute Gasteiger partial charge is 0.483 e. The van der Waals surface area contributed by atoms with E-state index in [9.17, 15) is 9.59 Å². The topological polar surface area (TPSA) is 58.6 Å². The van der Waals surface area contributed by atoms with Crippen LogP contribution in [0.2, 0.25) is 0 Å². The van der Waals surface area contributed by atoms with Gasteiger partial charge in [-0.25, -0.2) is 4.79 Å². The summed E-state index contributed by atoms with van der Waals surface area (Å²) in [6.07, 6.45) is 0. The fourth-order valence-corrected chi connectivity index (χ4v) is 3.94. The molecule has 1 N–H and O–H groups in total. The predicted octanol–water partition coefficient (Wildman–Crippen LogP) is 5.25. The van der Waals surface area contributed by atoms with Crippen LogP contribution in [-0.4, -0.2) is 29.4 Å². The first-order valence-electron chi connectivity index (χ1n) is 8.73. The van der Waals surface area contributed by atoms with Gasteiger partial charge in [0.25, 0.3) is 5.91 Å². The number of amides is 3. The first kappa shape index (κ1) is 20.2. The van der Waals surface area contributed by atoms with E-state index in [1.165, 1.54) is 16.3 Å². The molecule has 3 aromatic carbocycles. The summed E-state index contributed by atoms with van der Waals surface area (Å²) >= 11 is 4.80. The highest BCUT2D eigenvalue weighted by atomic mass is 79.9. The Labute approximate surface area is 176 Å². The number of carbonyl (C=O) groups is 2. The lowest BCUT2D eigenvalue weighted by molar-refractivity contribution is -0.122. The molecule has 0 spiro atoms. The van der Waals surface area contributed by atoms with Gasteiger partial charge in [0.15, 0.2) is 6.61 Å². The second-order valence-electron chi connectivity index (χ2n) is 5.84. The fourth-order valence-electron chi connectivity index (χ4n) is 2.54. The fraction of sp³-hybridized carbons (Fsp3) is 0.143. The molecule has 3 aromatic rings. The summed E-state index contributed by atoms with van der Waals surface area (Å²) in [4.78, 5) is 25.4. The number of nitrogens with one attached hydrogen (secondary N) is 1. The average Bonchev–Trinajstić information content (AvgIpc) is 2.72. The lowest BCUT2D eigenvalue weighted by Gasteiger charge is -2.19. The van der Waals surface area contributed by atoms with E-state index in [1.807, 2.05) is 67.6 Å². The molecule has 0 radical (unpaired) electrons. The van der Waals surface area contributed by atoms with Gasteiger partial charge in [-0.05, 0) is 63.8 Å². The molecule has 144 valence electrons. The summed E-state index contributed by atoms with van der Waals surface area (Å²) in [6, 6.07) is 20.6. The van der Waals surface area contributed by atoms with Crippen molar-refractivity contribution in [2.75, 3.05) is 13.2 Å². The van der Waals surface area contributed by atoms with Crippen LogP contribution in [0.3, 0.4) is 0 Å². The van der Waals surface area contributed by atoms with E-state index in [-0.39, 0.29) is 6.61 Å². The van der Waals surface area contributed by atoms with Gasteiger partial charge in [0.05, 0.1) is 4.47 Å². The molecule has 0 fully saturated rings. The standard InChI is InChI=1S/C21H19BrN2O3S/c1-2-24(28-16-9-4-3-5-10-16)21(26)23-19(25)14-27-18-13-12-15-8-6-7-11-17(15)20(18)22/h3-13H,2,14H2,1H3,(H,23,25,26). The number of carbonyl (C=O) groups excluding carboxylic acids is 2. The van der Waals surface area contributed by atoms with E-state index in [0.717, 1.165) is 20.1 Å². The Balaban J connectivity index is 1.57. The average molecular weight is 459 g/mol. The monoisotopic (exact) mass is 458 g/mol. The number of rotatable bonds is 6. The molecule has 0 saturated heterocycles. The minimum Gasteiger partial charge on any atom is -0.483 e. The third-order valence-corrected chi connectivity index (χ3v) is 5.85. The number of urea groups is 1. The van der Waals surface area contributed by atoms with Crippen LogP contribution in [-0.2, 0) is 4.79 Å². The van der Waals surface area contributed by atoms with Gasteiger partial charge in [-0.15, -0.1) is 0 Å². The van der Waals surface area contributed by atoms with Crippen molar-refractivity contribution in [2.24, 2.45) is 0 Å². The summed E-state index contributed by atoms with van der Waals surface area (Å²) in [7, 11) is 0. The summed E-state index contributed by atoms with van der Waals surface area (Å²) < 4.78 is 7.87. The number of halogens is 1. The van der Waals surface area contributed by atoms with Crippen LogP contribution < -0.4 is 10.1 Å². The van der Waals surface area contributed by atoms with Crippen molar-refractivity contribution in [2.45, 2.75) is 11.8 Å². The van der Waals surface area contributed by atoms with Crippen LogP contribution in [0.5, 0.6) is 5.75 Å². The van der Waals surface area contributed by atoms with Crippen LogP contribution >= 0.6 is 27.9 Å². The Morgan fingerprint density at radius 1 is 1.04 bits per heavy atom. The minimum atomic E-state index is -0.503. The van der Waals surface area contributed by atoms with Crippen LogP contribution in [0, 0.1) is 0 Å². The molecule has 7 heteroatoms. The Bertz CT molecular complexity index is 982. The van der Waals surface area contributed by atoms with Gasteiger partial charge in [0.1, 0.15) is 5.75 Å². The zero-order chi connectivity index (χ0) is 19.9. The first-order valence-corrected chi connectivity index (χ1v) is 10.3. The van der Waals surface area contributed by atoms with Gasteiger partial charge in [0.2, 0.25) is 0 Å². The third kappa shape index (κ3) is 5.05. The number of imide groups is 1. The minimum absolute atomic E-state index is 0.254. The highest BCUT2D eigenvalue weighted by Gasteiger charge is 2.17. The molecular formula is C21H19BrN2O3S. The molecule has 0 unspecified atom stereocenters.